The molecule has 1 atom stereocenters. The molecule has 0 aliphatic carbocycles. The Bertz CT molecular complexity index is 582. The molecule has 19 heavy (non-hydrogen) atoms. The number of benzene rings is 1. The molecule has 3 rings (SSSR count). The van der Waals surface area contributed by atoms with Crippen molar-refractivity contribution in [2.24, 2.45) is 0 Å². The van der Waals surface area contributed by atoms with Crippen LogP contribution in [0.25, 0.3) is 0 Å². The second kappa shape index (κ2) is 4.88. The third kappa shape index (κ3) is 2.14. The molecule has 98 valence electrons. The fourth-order valence-electron chi connectivity index (χ4n) is 2.71. The third-order valence-corrected chi connectivity index (χ3v) is 3.75. The van der Waals surface area contributed by atoms with Gasteiger partial charge < -0.3 is 10.2 Å². The van der Waals surface area contributed by atoms with Crippen molar-refractivity contribution < 1.29 is 0 Å². The van der Waals surface area contributed by atoms with E-state index in [1.807, 2.05) is 13.1 Å². The molecule has 0 fully saturated rings. The predicted octanol–water partition coefficient (Wildman–Crippen LogP) is 2.64. The van der Waals surface area contributed by atoms with Crippen LogP contribution in [-0.2, 0) is 6.42 Å². The Hall–Kier alpha value is -2.10. The Morgan fingerprint density at radius 3 is 2.95 bits per heavy atom. The summed E-state index contributed by atoms with van der Waals surface area (Å²) in [6, 6.07) is 11.0. The van der Waals surface area contributed by atoms with E-state index in [1.165, 1.54) is 11.1 Å². The van der Waals surface area contributed by atoms with Crippen LogP contribution in [0.1, 0.15) is 24.1 Å². The molecule has 2 aromatic rings. The quantitative estimate of drug-likeness (QED) is 0.894. The summed E-state index contributed by atoms with van der Waals surface area (Å²) >= 11 is 0. The van der Waals surface area contributed by atoms with Crippen LogP contribution < -0.4 is 10.2 Å². The van der Waals surface area contributed by atoms with Gasteiger partial charge in [0.25, 0.3) is 0 Å². The van der Waals surface area contributed by atoms with Gasteiger partial charge in [0.05, 0.1) is 6.04 Å². The van der Waals surface area contributed by atoms with Crippen molar-refractivity contribution >= 4 is 11.8 Å². The maximum atomic E-state index is 4.54. The minimum atomic E-state index is 0.351. The first-order valence-electron chi connectivity index (χ1n) is 6.65. The summed E-state index contributed by atoms with van der Waals surface area (Å²) in [5.41, 5.74) is 2.85. The number of nitrogens with one attached hydrogen (secondary N) is 1. The number of anilines is 2. The molecule has 4 heteroatoms. The van der Waals surface area contributed by atoms with E-state index in [-0.39, 0.29) is 0 Å². The molecule has 4 nitrogen and oxygen atoms in total. The lowest BCUT2D eigenvalue weighted by atomic mass is 9.94. The number of hydrogen-bond donors (Lipinski definition) is 1. The van der Waals surface area contributed by atoms with Crippen LogP contribution in [0.5, 0.6) is 0 Å². The molecule has 0 saturated heterocycles. The summed E-state index contributed by atoms with van der Waals surface area (Å²) in [5.74, 6) is 1.66. The van der Waals surface area contributed by atoms with E-state index in [9.17, 15) is 0 Å². The SMILES string of the molecule is CNc1nccc(N2CCc3ccccc3[C@@H]2C)n1. The van der Waals surface area contributed by atoms with E-state index >= 15 is 0 Å². The molecule has 0 unspecified atom stereocenters. The fraction of sp³-hybridized carbons (Fsp3) is 0.333. The Balaban J connectivity index is 1.95. The highest BCUT2D eigenvalue weighted by Crippen LogP contribution is 2.32. The van der Waals surface area contributed by atoms with Crippen molar-refractivity contribution in [2.45, 2.75) is 19.4 Å². The van der Waals surface area contributed by atoms with E-state index in [0.29, 0.717) is 12.0 Å². The summed E-state index contributed by atoms with van der Waals surface area (Å²) < 4.78 is 0. The van der Waals surface area contributed by atoms with Crippen molar-refractivity contribution in [3.63, 3.8) is 0 Å². The zero-order chi connectivity index (χ0) is 13.2. The van der Waals surface area contributed by atoms with Crippen LogP contribution in [0.2, 0.25) is 0 Å². The molecule has 1 aliphatic heterocycles. The molecular weight excluding hydrogens is 236 g/mol. The zero-order valence-electron chi connectivity index (χ0n) is 11.3. The summed E-state index contributed by atoms with van der Waals surface area (Å²) in [4.78, 5) is 11.1. The Morgan fingerprint density at radius 1 is 1.26 bits per heavy atom. The third-order valence-electron chi connectivity index (χ3n) is 3.75. The molecule has 0 bridgehead atoms. The monoisotopic (exact) mass is 254 g/mol. The van der Waals surface area contributed by atoms with Crippen molar-refractivity contribution in [1.82, 2.24) is 9.97 Å². The highest BCUT2D eigenvalue weighted by Gasteiger charge is 2.24. The summed E-state index contributed by atoms with van der Waals surface area (Å²) in [6.45, 7) is 3.23. The van der Waals surface area contributed by atoms with E-state index in [4.69, 9.17) is 0 Å². The molecule has 2 heterocycles. The lowest BCUT2D eigenvalue weighted by molar-refractivity contribution is 0.617. The van der Waals surface area contributed by atoms with E-state index in [2.05, 4.69) is 51.4 Å². The van der Waals surface area contributed by atoms with Crippen LogP contribution in [0.15, 0.2) is 36.5 Å². The smallest absolute Gasteiger partial charge is 0.224 e. The van der Waals surface area contributed by atoms with Gasteiger partial charge in [0.15, 0.2) is 0 Å². The molecule has 1 aliphatic rings. The van der Waals surface area contributed by atoms with E-state index < -0.39 is 0 Å². The van der Waals surface area contributed by atoms with Crippen molar-refractivity contribution in [1.29, 1.82) is 0 Å². The van der Waals surface area contributed by atoms with Crippen LogP contribution in [-0.4, -0.2) is 23.6 Å². The lowest BCUT2D eigenvalue weighted by Crippen LogP contribution is -2.34. The van der Waals surface area contributed by atoms with Gasteiger partial charge >= 0.3 is 0 Å². The first-order valence-corrected chi connectivity index (χ1v) is 6.65. The van der Waals surface area contributed by atoms with Gasteiger partial charge in [0.2, 0.25) is 5.95 Å². The highest BCUT2D eigenvalue weighted by atomic mass is 15.2. The van der Waals surface area contributed by atoms with Crippen LogP contribution >= 0.6 is 0 Å². The Labute approximate surface area is 113 Å². The highest BCUT2D eigenvalue weighted by molar-refractivity contribution is 5.48. The number of fused-ring (bicyclic) bond motifs is 1. The molecule has 1 N–H and O–H groups in total. The minimum absolute atomic E-state index is 0.351. The maximum absolute atomic E-state index is 4.54. The van der Waals surface area contributed by atoms with Crippen molar-refractivity contribution in [3.05, 3.63) is 47.7 Å². The average Bonchev–Trinajstić information content (AvgIpc) is 2.48. The second-order valence-electron chi connectivity index (χ2n) is 4.81. The van der Waals surface area contributed by atoms with Crippen molar-refractivity contribution in [3.8, 4) is 0 Å². The molecular formula is C15H18N4. The molecule has 0 saturated carbocycles. The molecule has 1 aromatic heterocycles. The summed E-state index contributed by atoms with van der Waals surface area (Å²) in [7, 11) is 1.84. The van der Waals surface area contributed by atoms with Crippen molar-refractivity contribution in [2.75, 3.05) is 23.8 Å². The first kappa shape index (κ1) is 12.0. The summed E-state index contributed by atoms with van der Waals surface area (Å²) in [6.07, 6.45) is 2.88. The zero-order valence-corrected chi connectivity index (χ0v) is 11.3. The minimum Gasteiger partial charge on any atom is -0.357 e. The predicted molar refractivity (Wildman–Crippen MR) is 77.5 cm³/mol. The van der Waals surface area contributed by atoms with Gasteiger partial charge in [-0.05, 0) is 30.5 Å². The standard InChI is InChI=1S/C15H18N4/c1-11-13-6-4-3-5-12(13)8-10-19(11)14-7-9-17-15(16-2)18-14/h3-7,9,11H,8,10H2,1-2H3,(H,16,17,18)/t11-/m0/s1. The topological polar surface area (TPSA) is 41.1 Å². The Morgan fingerprint density at radius 2 is 2.11 bits per heavy atom. The molecule has 0 radical (unpaired) electrons. The van der Waals surface area contributed by atoms with Gasteiger partial charge in [-0.1, -0.05) is 24.3 Å². The second-order valence-corrected chi connectivity index (χ2v) is 4.81. The maximum Gasteiger partial charge on any atom is 0.224 e. The molecule has 1 aromatic carbocycles. The number of nitrogens with zero attached hydrogens (tertiary/aromatic N) is 3. The lowest BCUT2D eigenvalue weighted by Gasteiger charge is -2.36. The van der Waals surface area contributed by atoms with Gasteiger partial charge in [-0.3, -0.25) is 0 Å². The molecule has 0 amide bonds. The molecule has 0 spiro atoms. The number of rotatable bonds is 2. The number of aromatic nitrogens is 2. The normalized spacial score (nSPS) is 18.0. The van der Waals surface area contributed by atoms with Gasteiger partial charge in [-0.25, -0.2) is 4.98 Å². The van der Waals surface area contributed by atoms with Gasteiger partial charge in [-0.15, -0.1) is 0 Å². The van der Waals surface area contributed by atoms with Crippen LogP contribution in [0, 0.1) is 0 Å². The van der Waals surface area contributed by atoms with E-state index in [1.54, 1.807) is 6.20 Å². The van der Waals surface area contributed by atoms with Crippen LogP contribution in [0.3, 0.4) is 0 Å². The fourth-order valence-corrected chi connectivity index (χ4v) is 2.71. The Kier molecular flexibility index (Phi) is 3.07. The average molecular weight is 254 g/mol. The largest absolute Gasteiger partial charge is 0.357 e. The van der Waals surface area contributed by atoms with E-state index in [0.717, 1.165) is 18.8 Å². The van der Waals surface area contributed by atoms with Gasteiger partial charge in [-0.2, -0.15) is 4.98 Å². The van der Waals surface area contributed by atoms with Crippen LogP contribution in [0.4, 0.5) is 11.8 Å². The number of hydrogen-bond acceptors (Lipinski definition) is 4. The summed E-state index contributed by atoms with van der Waals surface area (Å²) in [5, 5.41) is 2.99. The van der Waals surface area contributed by atoms with Gasteiger partial charge in [0.1, 0.15) is 5.82 Å². The first-order chi connectivity index (χ1) is 9.29. The van der Waals surface area contributed by atoms with Gasteiger partial charge in [0, 0.05) is 19.8 Å².